The first-order valence-corrected chi connectivity index (χ1v) is 11.4. The van der Waals surface area contributed by atoms with E-state index in [1.165, 1.54) is 4.70 Å². The molecule has 1 N–H and O–H groups in total. The minimum atomic E-state index is -0.132. The summed E-state index contributed by atoms with van der Waals surface area (Å²) in [4.78, 5) is 19.3. The van der Waals surface area contributed by atoms with Crippen LogP contribution in [0.15, 0.2) is 65.3 Å². The highest BCUT2D eigenvalue weighted by Crippen LogP contribution is 2.31. The Morgan fingerprint density at radius 2 is 1.97 bits per heavy atom. The molecule has 0 saturated heterocycles. The second-order valence-electron chi connectivity index (χ2n) is 7.18. The second-order valence-corrected chi connectivity index (χ2v) is 9.44. The molecule has 8 heteroatoms. The minimum absolute atomic E-state index is 0.132. The highest BCUT2D eigenvalue weighted by Gasteiger charge is 2.09. The van der Waals surface area contributed by atoms with E-state index in [2.05, 4.69) is 26.4 Å². The molecule has 2 heterocycles. The number of thioether (sulfide) groups is 1. The molecule has 6 nitrogen and oxygen atoms in total. The van der Waals surface area contributed by atoms with Crippen molar-refractivity contribution >= 4 is 44.9 Å². The fraction of sp³-hybridized carbons (Fsp3) is 0.227. The molecule has 0 bridgehead atoms. The first-order valence-electron chi connectivity index (χ1n) is 9.63. The van der Waals surface area contributed by atoms with E-state index in [9.17, 15) is 4.79 Å². The summed E-state index contributed by atoms with van der Waals surface area (Å²) >= 11 is 3.43. The molecule has 0 spiro atoms. The average molecular weight is 438 g/mol. The molecule has 2 aromatic heterocycles. The van der Waals surface area contributed by atoms with Crippen molar-refractivity contribution in [1.29, 1.82) is 0 Å². The predicted octanol–water partition coefficient (Wildman–Crippen LogP) is 4.60. The van der Waals surface area contributed by atoms with Gasteiger partial charge >= 0.3 is 0 Å². The van der Waals surface area contributed by atoms with Crippen molar-refractivity contribution in [1.82, 2.24) is 19.7 Å². The number of carbonyl (C=O) groups is 1. The molecule has 0 fully saturated rings. The molecule has 0 aliphatic heterocycles. The summed E-state index contributed by atoms with van der Waals surface area (Å²) in [5.74, 6) is 0.688. The van der Waals surface area contributed by atoms with E-state index in [-0.39, 0.29) is 5.91 Å². The molecule has 30 heavy (non-hydrogen) atoms. The van der Waals surface area contributed by atoms with E-state index in [1.54, 1.807) is 29.3 Å². The summed E-state index contributed by atoms with van der Waals surface area (Å²) < 4.78 is 4.10. The number of nitrogens with one attached hydrogen (secondary N) is 1. The number of hydrogen-bond donors (Lipinski definition) is 1. The molecule has 1 amide bonds. The van der Waals surface area contributed by atoms with Gasteiger partial charge in [0.1, 0.15) is 0 Å². The first kappa shape index (κ1) is 20.6. The van der Waals surface area contributed by atoms with Crippen molar-refractivity contribution in [2.75, 3.05) is 26.0 Å². The molecule has 0 atom stereocenters. The number of para-hydroxylation sites is 1. The Bertz CT molecular complexity index is 1100. The van der Waals surface area contributed by atoms with E-state index in [1.807, 2.05) is 67.4 Å². The zero-order valence-electron chi connectivity index (χ0n) is 16.9. The molecule has 0 unspecified atom stereocenters. The van der Waals surface area contributed by atoms with E-state index in [0.717, 1.165) is 34.3 Å². The van der Waals surface area contributed by atoms with Crippen LogP contribution in [-0.2, 0) is 12.3 Å². The van der Waals surface area contributed by atoms with E-state index >= 15 is 0 Å². The van der Waals surface area contributed by atoms with Crippen molar-refractivity contribution in [2.45, 2.75) is 16.6 Å². The van der Waals surface area contributed by atoms with Crippen molar-refractivity contribution in [3.8, 4) is 0 Å². The van der Waals surface area contributed by atoms with Crippen molar-refractivity contribution < 1.29 is 4.79 Å². The zero-order chi connectivity index (χ0) is 20.9. The van der Waals surface area contributed by atoms with Gasteiger partial charge in [-0.2, -0.15) is 5.10 Å². The zero-order valence-corrected chi connectivity index (χ0v) is 18.5. The third-order valence-corrected chi connectivity index (χ3v) is 6.77. The molecule has 154 valence electrons. The van der Waals surface area contributed by atoms with Crippen LogP contribution in [0.3, 0.4) is 0 Å². The second kappa shape index (κ2) is 9.42. The topological polar surface area (TPSA) is 63.0 Å². The lowest BCUT2D eigenvalue weighted by Gasteiger charge is -2.08. The highest BCUT2D eigenvalue weighted by atomic mass is 32.2. The number of hydrogen-bond acceptors (Lipinski definition) is 6. The van der Waals surface area contributed by atoms with Crippen molar-refractivity contribution in [3.05, 3.63) is 72.1 Å². The Balaban J connectivity index is 1.32. The monoisotopic (exact) mass is 437 g/mol. The standard InChI is InChI=1S/C22H23N5OS2/c1-26(2)11-12-27-14-18(13-23-27)24-21(28)17-9-7-16(8-10-17)15-29-22-25-19-5-3-4-6-20(19)30-22/h3-10,13-14H,11-12,15H2,1-2H3,(H,24,28). The van der Waals surface area contributed by atoms with Gasteiger partial charge in [0.25, 0.3) is 5.91 Å². The first-order chi connectivity index (χ1) is 14.6. The lowest BCUT2D eigenvalue weighted by atomic mass is 10.1. The lowest BCUT2D eigenvalue weighted by Crippen LogP contribution is -2.18. The van der Waals surface area contributed by atoms with Gasteiger partial charge in [-0.25, -0.2) is 4.98 Å². The predicted molar refractivity (Wildman–Crippen MR) is 124 cm³/mol. The summed E-state index contributed by atoms with van der Waals surface area (Å²) in [5.41, 5.74) is 3.54. The van der Waals surface area contributed by atoms with Crippen LogP contribution in [0.1, 0.15) is 15.9 Å². The summed E-state index contributed by atoms with van der Waals surface area (Å²) in [6, 6.07) is 15.9. The number of anilines is 1. The Kier molecular flexibility index (Phi) is 6.47. The van der Waals surface area contributed by atoms with Crippen LogP contribution >= 0.6 is 23.1 Å². The van der Waals surface area contributed by atoms with E-state index in [0.29, 0.717) is 11.3 Å². The largest absolute Gasteiger partial charge is 0.319 e. The molecule has 4 rings (SSSR count). The number of benzene rings is 2. The van der Waals surface area contributed by atoms with Crippen LogP contribution in [0.25, 0.3) is 10.2 Å². The summed E-state index contributed by atoms with van der Waals surface area (Å²) in [7, 11) is 4.04. The summed E-state index contributed by atoms with van der Waals surface area (Å²) in [6.45, 7) is 1.68. The fourth-order valence-corrected chi connectivity index (χ4v) is 4.89. The maximum atomic E-state index is 12.5. The van der Waals surface area contributed by atoms with Crippen LogP contribution in [0.5, 0.6) is 0 Å². The Labute approximate surface area is 183 Å². The van der Waals surface area contributed by atoms with Crippen LogP contribution in [0.2, 0.25) is 0 Å². The van der Waals surface area contributed by atoms with Gasteiger partial charge in [0, 0.05) is 24.1 Å². The number of amides is 1. The molecular weight excluding hydrogens is 414 g/mol. The lowest BCUT2D eigenvalue weighted by molar-refractivity contribution is 0.102. The molecule has 0 radical (unpaired) electrons. The third-order valence-electron chi connectivity index (χ3n) is 4.52. The Hall–Kier alpha value is -2.68. The number of thiazole rings is 1. The number of aromatic nitrogens is 3. The quantitative estimate of drug-likeness (QED) is 0.408. The smallest absolute Gasteiger partial charge is 0.255 e. The van der Waals surface area contributed by atoms with Crippen LogP contribution < -0.4 is 5.32 Å². The summed E-state index contributed by atoms with van der Waals surface area (Å²) in [6.07, 6.45) is 3.53. The summed E-state index contributed by atoms with van der Waals surface area (Å²) in [5, 5.41) is 7.19. The van der Waals surface area contributed by atoms with Gasteiger partial charge in [-0.3, -0.25) is 9.48 Å². The Morgan fingerprint density at radius 3 is 2.73 bits per heavy atom. The molecular formula is C22H23N5OS2. The van der Waals surface area contributed by atoms with Crippen LogP contribution in [0.4, 0.5) is 5.69 Å². The average Bonchev–Trinajstić information content (AvgIpc) is 3.37. The van der Waals surface area contributed by atoms with Crippen LogP contribution in [0, 0.1) is 0 Å². The van der Waals surface area contributed by atoms with Gasteiger partial charge in [-0.15, -0.1) is 11.3 Å². The minimum Gasteiger partial charge on any atom is -0.319 e. The van der Waals surface area contributed by atoms with E-state index < -0.39 is 0 Å². The van der Waals surface area contributed by atoms with E-state index in [4.69, 9.17) is 0 Å². The molecule has 0 aliphatic carbocycles. The number of rotatable bonds is 8. The van der Waals surface area contributed by atoms with Gasteiger partial charge in [0.05, 0.1) is 28.6 Å². The number of nitrogens with zero attached hydrogens (tertiary/aromatic N) is 4. The maximum Gasteiger partial charge on any atom is 0.255 e. The highest BCUT2D eigenvalue weighted by molar-refractivity contribution is 8.00. The molecule has 2 aromatic carbocycles. The van der Waals surface area contributed by atoms with Crippen molar-refractivity contribution in [3.63, 3.8) is 0 Å². The normalized spacial score (nSPS) is 11.3. The van der Waals surface area contributed by atoms with Gasteiger partial charge in [0.15, 0.2) is 4.34 Å². The molecule has 0 aliphatic rings. The van der Waals surface area contributed by atoms with Crippen molar-refractivity contribution in [2.24, 2.45) is 0 Å². The Morgan fingerprint density at radius 1 is 1.17 bits per heavy atom. The molecule has 0 saturated carbocycles. The SMILES string of the molecule is CN(C)CCn1cc(NC(=O)c2ccc(CSc3nc4ccccc4s3)cc2)cn1. The van der Waals surface area contributed by atoms with Gasteiger partial charge in [-0.05, 0) is 43.9 Å². The van der Waals surface area contributed by atoms with Crippen LogP contribution in [-0.4, -0.2) is 46.2 Å². The maximum absolute atomic E-state index is 12.5. The number of carbonyl (C=O) groups excluding carboxylic acids is 1. The van der Waals surface area contributed by atoms with Gasteiger partial charge < -0.3 is 10.2 Å². The molecule has 4 aromatic rings. The fourth-order valence-electron chi connectivity index (χ4n) is 2.87. The van der Waals surface area contributed by atoms with Gasteiger partial charge in [-0.1, -0.05) is 36.0 Å². The third kappa shape index (κ3) is 5.27. The van der Waals surface area contributed by atoms with Gasteiger partial charge in [0.2, 0.25) is 0 Å². The number of fused-ring (bicyclic) bond motifs is 1. The number of likely N-dealkylation sites (N-methyl/N-ethyl adjacent to an activating group) is 1.